The van der Waals surface area contributed by atoms with Crippen LogP contribution in [0.1, 0.15) is 20.7 Å². The van der Waals surface area contributed by atoms with E-state index >= 15 is 0 Å². The highest BCUT2D eigenvalue weighted by Gasteiger charge is 2.21. The molecule has 2 rings (SSSR count). The van der Waals surface area contributed by atoms with Crippen molar-refractivity contribution in [1.82, 2.24) is 0 Å². The topological polar surface area (TPSA) is 83.5 Å². The molecule has 20 heavy (non-hydrogen) atoms. The molecule has 0 spiro atoms. The number of carbonyl (C=O) groups is 3. The van der Waals surface area contributed by atoms with Crippen molar-refractivity contribution in [1.29, 1.82) is 0 Å². The van der Waals surface area contributed by atoms with E-state index in [1.54, 1.807) is 36.4 Å². The Morgan fingerprint density at radius 1 is 0.800 bits per heavy atom. The van der Waals surface area contributed by atoms with Crippen LogP contribution in [0.2, 0.25) is 0 Å². The van der Waals surface area contributed by atoms with Gasteiger partial charge in [-0.3, -0.25) is 9.59 Å². The molecule has 0 bridgehead atoms. The lowest BCUT2D eigenvalue weighted by Crippen LogP contribution is -2.20. The summed E-state index contributed by atoms with van der Waals surface area (Å²) in [7, 11) is 0. The first-order chi connectivity index (χ1) is 9.59. The summed E-state index contributed by atoms with van der Waals surface area (Å²) < 4.78 is 0. The van der Waals surface area contributed by atoms with Gasteiger partial charge in [-0.05, 0) is 24.3 Å². The van der Waals surface area contributed by atoms with Gasteiger partial charge in [0.05, 0.1) is 5.56 Å². The second-order valence-corrected chi connectivity index (χ2v) is 4.00. The van der Waals surface area contributed by atoms with E-state index in [9.17, 15) is 14.4 Å². The minimum absolute atomic E-state index is 0.0313. The molecule has 2 N–H and O–H groups in total. The quantitative estimate of drug-likeness (QED) is 0.658. The van der Waals surface area contributed by atoms with Crippen LogP contribution in [0.3, 0.4) is 0 Å². The van der Waals surface area contributed by atoms with Crippen LogP contribution in [0.25, 0.3) is 0 Å². The van der Waals surface area contributed by atoms with E-state index in [2.05, 4.69) is 5.32 Å². The highest BCUT2D eigenvalue weighted by atomic mass is 16.4. The molecule has 0 aliphatic carbocycles. The Hall–Kier alpha value is -2.95. The standard InChI is InChI=1S/C15H11NO4/c17-13(15(19)20)11-8-4-5-9-12(11)14(18)16-10-6-2-1-3-7-10/h1-9H,(H,16,18)(H,19,20). The normalized spacial score (nSPS) is 9.80. The summed E-state index contributed by atoms with van der Waals surface area (Å²) in [6.45, 7) is 0. The molecule has 2 aromatic rings. The van der Waals surface area contributed by atoms with Crippen molar-refractivity contribution in [2.75, 3.05) is 5.32 Å². The number of amides is 1. The van der Waals surface area contributed by atoms with E-state index < -0.39 is 17.7 Å². The van der Waals surface area contributed by atoms with Crippen molar-refractivity contribution in [3.8, 4) is 0 Å². The van der Waals surface area contributed by atoms with Crippen molar-refractivity contribution in [3.63, 3.8) is 0 Å². The molecule has 5 heteroatoms. The van der Waals surface area contributed by atoms with Gasteiger partial charge >= 0.3 is 5.97 Å². The fraction of sp³-hybridized carbons (Fsp3) is 0. The van der Waals surface area contributed by atoms with Gasteiger partial charge < -0.3 is 10.4 Å². The molecule has 0 aliphatic heterocycles. The molecule has 0 saturated carbocycles. The van der Waals surface area contributed by atoms with E-state index in [0.29, 0.717) is 5.69 Å². The number of para-hydroxylation sites is 1. The zero-order valence-corrected chi connectivity index (χ0v) is 10.4. The van der Waals surface area contributed by atoms with Gasteiger partial charge in [0.25, 0.3) is 11.7 Å². The molecule has 0 radical (unpaired) electrons. The zero-order chi connectivity index (χ0) is 14.5. The predicted octanol–water partition coefficient (Wildman–Crippen LogP) is 2.21. The molecule has 2 aromatic carbocycles. The molecule has 0 unspecified atom stereocenters. The fourth-order valence-electron chi connectivity index (χ4n) is 1.71. The number of rotatable bonds is 4. The number of Topliss-reactive ketones (excluding diaryl/α,β-unsaturated/α-hetero) is 1. The Kier molecular flexibility index (Phi) is 3.91. The summed E-state index contributed by atoms with van der Waals surface area (Å²) in [6.07, 6.45) is 0. The summed E-state index contributed by atoms with van der Waals surface area (Å²) in [5, 5.41) is 11.4. The summed E-state index contributed by atoms with van der Waals surface area (Å²) in [4.78, 5) is 34.4. The fourth-order valence-corrected chi connectivity index (χ4v) is 1.71. The summed E-state index contributed by atoms with van der Waals surface area (Å²) in [5.74, 6) is -3.23. The molecule has 0 saturated heterocycles. The molecule has 0 heterocycles. The smallest absolute Gasteiger partial charge is 0.377 e. The minimum atomic E-state index is -1.59. The first-order valence-electron chi connectivity index (χ1n) is 5.82. The third kappa shape index (κ3) is 2.89. The Morgan fingerprint density at radius 3 is 1.95 bits per heavy atom. The maximum Gasteiger partial charge on any atom is 0.377 e. The summed E-state index contributed by atoms with van der Waals surface area (Å²) in [5.41, 5.74) is 0.465. The average Bonchev–Trinajstić information content (AvgIpc) is 2.47. The number of hydrogen-bond acceptors (Lipinski definition) is 3. The number of carboxylic acids is 1. The minimum Gasteiger partial charge on any atom is -0.475 e. The van der Waals surface area contributed by atoms with Crippen LogP contribution in [0, 0.1) is 0 Å². The van der Waals surface area contributed by atoms with Crippen LogP contribution < -0.4 is 5.32 Å². The Balaban J connectivity index is 2.31. The average molecular weight is 269 g/mol. The van der Waals surface area contributed by atoms with Crippen molar-refractivity contribution in [3.05, 3.63) is 65.7 Å². The maximum absolute atomic E-state index is 12.1. The third-order valence-corrected chi connectivity index (χ3v) is 2.64. The third-order valence-electron chi connectivity index (χ3n) is 2.64. The maximum atomic E-state index is 12.1. The molecule has 0 aromatic heterocycles. The van der Waals surface area contributed by atoms with Crippen molar-refractivity contribution < 1.29 is 19.5 Å². The summed E-state index contributed by atoms with van der Waals surface area (Å²) in [6, 6.07) is 14.5. The van der Waals surface area contributed by atoms with E-state index in [0.717, 1.165) is 0 Å². The lowest BCUT2D eigenvalue weighted by atomic mass is 10.0. The summed E-state index contributed by atoms with van der Waals surface area (Å²) >= 11 is 0. The van der Waals surface area contributed by atoms with E-state index in [-0.39, 0.29) is 11.1 Å². The van der Waals surface area contributed by atoms with Gasteiger partial charge in [-0.1, -0.05) is 30.3 Å². The number of anilines is 1. The molecule has 1 amide bonds. The van der Waals surface area contributed by atoms with Crippen LogP contribution in [0.5, 0.6) is 0 Å². The second-order valence-electron chi connectivity index (χ2n) is 4.00. The molecule has 5 nitrogen and oxygen atoms in total. The predicted molar refractivity (Wildman–Crippen MR) is 72.8 cm³/mol. The Bertz CT molecular complexity index is 665. The number of benzene rings is 2. The number of ketones is 1. The van der Waals surface area contributed by atoms with E-state index in [4.69, 9.17) is 5.11 Å². The number of carbonyl (C=O) groups excluding carboxylic acids is 2. The van der Waals surface area contributed by atoms with Crippen LogP contribution in [0.15, 0.2) is 54.6 Å². The molecular weight excluding hydrogens is 258 g/mol. The van der Waals surface area contributed by atoms with Gasteiger partial charge in [-0.25, -0.2) is 4.79 Å². The molecular formula is C15H11NO4. The van der Waals surface area contributed by atoms with Gasteiger partial charge in [0.15, 0.2) is 0 Å². The zero-order valence-electron chi connectivity index (χ0n) is 10.4. The largest absolute Gasteiger partial charge is 0.475 e. The Labute approximate surface area is 114 Å². The van der Waals surface area contributed by atoms with Gasteiger partial charge in [0.2, 0.25) is 0 Å². The van der Waals surface area contributed by atoms with E-state index in [1.807, 2.05) is 0 Å². The lowest BCUT2D eigenvalue weighted by molar-refractivity contribution is -0.131. The van der Waals surface area contributed by atoms with Crippen LogP contribution >= 0.6 is 0 Å². The molecule has 100 valence electrons. The van der Waals surface area contributed by atoms with Crippen LogP contribution in [-0.4, -0.2) is 22.8 Å². The SMILES string of the molecule is O=C(O)C(=O)c1ccccc1C(=O)Nc1ccccc1. The monoisotopic (exact) mass is 269 g/mol. The first-order valence-corrected chi connectivity index (χ1v) is 5.82. The van der Waals surface area contributed by atoms with E-state index in [1.165, 1.54) is 18.2 Å². The van der Waals surface area contributed by atoms with Crippen LogP contribution in [-0.2, 0) is 4.79 Å². The van der Waals surface area contributed by atoms with Crippen molar-refractivity contribution in [2.45, 2.75) is 0 Å². The lowest BCUT2D eigenvalue weighted by Gasteiger charge is -2.08. The highest BCUT2D eigenvalue weighted by molar-refractivity contribution is 6.41. The van der Waals surface area contributed by atoms with Crippen LogP contribution in [0.4, 0.5) is 5.69 Å². The second kappa shape index (κ2) is 5.79. The molecule has 0 fully saturated rings. The molecule has 0 atom stereocenters. The van der Waals surface area contributed by atoms with Crippen molar-refractivity contribution >= 4 is 23.3 Å². The number of aliphatic carboxylic acids is 1. The highest BCUT2D eigenvalue weighted by Crippen LogP contribution is 2.13. The molecule has 0 aliphatic rings. The van der Waals surface area contributed by atoms with Crippen molar-refractivity contribution in [2.24, 2.45) is 0 Å². The van der Waals surface area contributed by atoms with Gasteiger partial charge in [-0.15, -0.1) is 0 Å². The Morgan fingerprint density at radius 2 is 1.35 bits per heavy atom. The number of nitrogens with one attached hydrogen (secondary N) is 1. The number of hydrogen-bond donors (Lipinski definition) is 2. The van der Waals surface area contributed by atoms with Gasteiger partial charge in [-0.2, -0.15) is 0 Å². The number of carboxylic acid groups (broad SMARTS) is 1. The first kappa shape index (κ1) is 13.5. The van der Waals surface area contributed by atoms with Gasteiger partial charge in [0.1, 0.15) is 0 Å². The van der Waals surface area contributed by atoms with Gasteiger partial charge in [0, 0.05) is 11.3 Å².